The molecule has 1 aliphatic heterocycles. The zero-order valence-electron chi connectivity index (χ0n) is 13.6. The van der Waals surface area contributed by atoms with Gasteiger partial charge >= 0.3 is 0 Å². The molecule has 0 fully saturated rings. The quantitative estimate of drug-likeness (QED) is 0.737. The van der Waals surface area contributed by atoms with Crippen molar-refractivity contribution in [1.82, 2.24) is 25.9 Å². The highest BCUT2D eigenvalue weighted by Crippen LogP contribution is 2.16. The summed E-state index contributed by atoms with van der Waals surface area (Å²) in [5.74, 6) is 1.28. The molecule has 2 heterocycles. The molecule has 1 aliphatic rings. The lowest BCUT2D eigenvalue weighted by atomic mass is 10.1. The van der Waals surface area contributed by atoms with E-state index in [1.165, 1.54) is 11.1 Å². The smallest absolute Gasteiger partial charge is 0.193 e. The molecular formula is C16H22N6S. The molecule has 1 aromatic carbocycles. The van der Waals surface area contributed by atoms with Crippen molar-refractivity contribution in [2.45, 2.75) is 38.9 Å². The van der Waals surface area contributed by atoms with Gasteiger partial charge in [0.15, 0.2) is 5.84 Å². The maximum Gasteiger partial charge on any atom is 0.193 e. The molecule has 0 amide bonds. The molecule has 3 rings (SSSR count). The maximum absolute atomic E-state index is 4.63. The topological polar surface area (TPSA) is 57.5 Å². The van der Waals surface area contributed by atoms with Crippen LogP contribution in [0.3, 0.4) is 0 Å². The first kappa shape index (κ1) is 15.9. The standard InChI is InChI=1S/C16H22N6S/c1-11(2)9-21-15(23)8-14(18-21)16-17-19-20-22(16)10-13-6-4-5-12(3)7-13/h4-8,11,19-20,23H,9-10H2,1-3H3. The SMILES string of the molecule is Cc1cccc(CN2NNN=C2c2cc(S)n(CC(C)C)n2)c1. The number of benzene rings is 1. The van der Waals surface area contributed by atoms with Crippen molar-refractivity contribution in [3.8, 4) is 0 Å². The van der Waals surface area contributed by atoms with Gasteiger partial charge in [-0.1, -0.05) is 43.7 Å². The second-order valence-corrected chi connectivity index (χ2v) is 6.66. The Morgan fingerprint density at radius 1 is 1.26 bits per heavy atom. The van der Waals surface area contributed by atoms with Crippen molar-refractivity contribution in [3.05, 3.63) is 47.2 Å². The monoisotopic (exact) mass is 330 g/mol. The highest BCUT2D eigenvalue weighted by molar-refractivity contribution is 7.80. The van der Waals surface area contributed by atoms with E-state index in [2.05, 4.69) is 78.9 Å². The Labute approximate surface area is 141 Å². The van der Waals surface area contributed by atoms with Crippen molar-refractivity contribution < 1.29 is 0 Å². The summed E-state index contributed by atoms with van der Waals surface area (Å²) in [4.78, 5) is 0. The molecule has 0 radical (unpaired) electrons. The number of hydrazone groups is 1. The lowest BCUT2D eigenvalue weighted by Crippen LogP contribution is -2.40. The Balaban J connectivity index is 1.79. The van der Waals surface area contributed by atoms with Gasteiger partial charge in [-0.2, -0.15) is 5.10 Å². The largest absolute Gasteiger partial charge is 0.265 e. The van der Waals surface area contributed by atoms with Crippen molar-refractivity contribution >= 4 is 18.5 Å². The van der Waals surface area contributed by atoms with Gasteiger partial charge in [0.25, 0.3) is 0 Å². The summed E-state index contributed by atoms with van der Waals surface area (Å²) >= 11 is 4.51. The van der Waals surface area contributed by atoms with E-state index in [4.69, 9.17) is 0 Å². The number of rotatable bonds is 5. The summed E-state index contributed by atoms with van der Waals surface area (Å²) in [6.07, 6.45) is 0. The Bertz CT molecular complexity index is 721. The number of nitrogens with one attached hydrogen (secondary N) is 2. The molecule has 1 aromatic heterocycles. The first-order chi connectivity index (χ1) is 11.0. The highest BCUT2D eigenvalue weighted by atomic mass is 32.1. The number of thiol groups is 1. The molecule has 23 heavy (non-hydrogen) atoms. The summed E-state index contributed by atoms with van der Waals surface area (Å²) in [5, 5.41) is 11.7. The van der Waals surface area contributed by atoms with E-state index < -0.39 is 0 Å². The Morgan fingerprint density at radius 3 is 2.83 bits per heavy atom. The number of nitrogens with zero attached hydrogens (tertiary/aromatic N) is 4. The van der Waals surface area contributed by atoms with E-state index in [1.54, 1.807) is 0 Å². The van der Waals surface area contributed by atoms with Gasteiger partial charge in [0, 0.05) is 12.6 Å². The van der Waals surface area contributed by atoms with Crippen molar-refractivity contribution in [1.29, 1.82) is 0 Å². The van der Waals surface area contributed by atoms with Crippen LogP contribution >= 0.6 is 12.6 Å². The van der Waals surface area contributed by atoms with E-state index in [0.717, 1.165) is 23.1 Å². The molecule has 0 unspecified atom stereocenters. The van der Waals surface area contributed by atoms with E-state index in [-0.39, 0.29) is 0 Å². The Kier molecular flexibility index (Phi) is 4.58. The van der Waals surface area contributed by atoms with Crippen LogP contribution in [-0.2, 0) is 13.1 Å². The summed E-state index contributed by atoms with van der Waals surface area (Å²) in [5.41, 5.74) is 9.12. The van der Waals surface area contributed by atoms with Crippen molar-refractivity contribution in [2.24, 2.45) is 11.0 Å². The van der Waals surface area contributed by atoms with Gasteiger partial charge in [-0.15, -0.1) is 23.3 Å². The minimum Gasteiger partial charge on any atom is -0.265 e. The summed E-state index contributed by atoms with van der Waals surface area (Å²) in [6.45, 7) is 7.95. The molecule has 7 heteroatoms. The average Bonchev–Trinajstić information content (AvgIpc) is 3.06. The molecule has 0 atom stereocenters. The van der Waals surface area contributed by atoms with Crippen LogP contribution in [0.15, 0.2) is 40.5 Å². The normalized spacial score (nSPS) is 14.3. The molecule has 2 N–H and O–H groups in total. The van der Waals surface area contributed by atoms with Crippen LogP contribution in [0.4, 0.5) is 0 Å². The fourth-order valence-electron chi connectivity index (χ4n) is 2.55. The zero-order chi connectivity index (χ0) is 16.4. The van der Waals surface area contributed by atoms with E-state index in [1.807, 2.05) is 15.8 Å². The van der Waals surface area contributed by atoms with Crippen LogP contribution in [0.25, 0.3) is 0 Å². The predicted octanol–water partition coefficient (Wildman–Crippen LogP) is 2.32. The van der Waals surface area contributed by atoms with Crippen molar-refractivity contribution in [3.63, 3.8) is 0 Å². The molecular weight excluding hydrogens is 308 g/mol. The number of aromatic nitrogens is 2. The minimum atomic E-state index is 0.513. The second-order valence-electron chi connectivity index (χ2n) is 6.20. The maximum atomic E-state index is 4.63. The van der Waals surface area contributed by atoms with Crippen molar-refractivity contribution in [2.75, 3.05) is 0 Å². The van der Waals surface area contributed by atoms with Gasteiger partial charge in [-0.3, -0.25) is 9.69 Å². The molecule has 0 spiro atoms. The second kappa shape index (κ2) is 6.64. The summed E-state index contributed by atoms with van der Waals surface area (Å²) < 4.78 is 1.91. The highest BCUT2D eigenvalue weighted by Gasteiger charge is 2.22. The molecule has 0 saturated heterocycles. The minimum absolute atomic E-state index is 0.513. The van der Waals surface area contributed by atoms with E-state index >= 15 is 0 Å². The van der Waals surface area contributed by atoms with E-state index in [0.29, 0.717) is 12.5 Å². The third-order valence-corrected chi connectivity index (χ3v) is 3.91. The van der Waals surface area contributed by atoms with Crippen LogP contribution < -0.4 is 11.1 Å². The summed E-state index contributed by atoms with van der Waals surface area (Å²) in [7, 11) is 0. The first-order valence-electron chi connectivity index (χ1n) is 7.71. The van der Waals surface area contributed by atoms with Crippen LogP contribution in [0.2, 0.25) is 0 Å². The molecule has 6 nitrogen and oxygen atoms in total. The number of hydrogen-bond acceptors (Lipinski definition) is 6. The number of hydrazine groups is 2. The molecule has 0 bridgehead atoms. The number of aryl methyl sites for hydroxylation is 1. The van der Waals surface area contributed by atoms with Crippen LogP contribution in [0, 0.1) is 12.8 Å². The van der Waals surface area contributed by atoms with Gasteiger partial charge in [0.05, 0.1) is 11.6 Å². The fourth-order valence-corrected chi connectivity index (χ4v) is 2.80. The molecule has 0 aliphatic carbocycles. The Morgan fingerprint density at radius 2 is 2.09 bits per heavy atom. The molecule has 0 saturated carbocycles. The first-order valence-corrected chi connectivity index (χ1v) is 8.16. The summed E-state index contributed by atoms with van der Waals surface area (Å²) in [6, 6.07) is 10.4. The van der Waals surface area contributed by atoms with Gasteiger partial charge in [-0.25, -0.2) is 5.53 Å². The lowest BCUT2D eigenvalue weighted by Gasteiger charge is -2.18. The average molecular weight is 330 g/mol. The van der Waals surface area contributed by atoms with Crippen LogP contribution in [0.5, 0.6) is 0 Å². The Hall–Kier alpha value is -1.99. The molecule has 122 valence electrons. The number of amidine groups is 1. The molecule has 2 aromatic rings. The van der Waals surface area contributed by atoms with Gasteiger partial charge in [0.2, 0.25) is 0 Å². The lowest BCUT2D eigenvalue weighted by molar-refractivity contribution is 0.287. The third kappa shape index (κ3) is 3.68. The van der Waals surface area contributed by atoms with Gasteiger partial charge in [-0.05, 0) is 18.4 Å². The third-order valence-electron chi connectivity index (χ3n) is 3.55. The fraction of sp³-hybridized carbons (Fsp3) is 0.375. The van der Waals surface area contributed by atoms with Crippen LogP contribution in [0.1, 0.15) is 30.7 Å². The number of hydrogen-bond donors (Lipinski definition) is 3. The predicted molar refractivity (Wildman–Crippen MR) is 93.8 cm³/mol. The zero-order valence-corrected chi connectivity index (χ0v) is 14.5. The van der Waals surface area contributed by atoms with Crippen LogP contribution in [-0.4, -0.2) is 20.6 Å². The van der Waals surface area contributed by atoms with Gasteiger partial charge < -0.3 is 0 Å². The van der Waals surface area contributed by atoms with Gasteiger partial charge in [0.1, 0.15) is 5.69 Å². The van der Waals surface area contributed by atoms with E-state index in [9.17, 15) is 0 Å².